The smallest absolute Gasteiger partial charge is 0.304 e. The molecule has 0 amide bonds. The number of hydrogen-bond acceptors (Lipinski definition) is 4. The molecule has 3 rings (SSSR count). The molecular weight excluding hydrogens is 262 g/mol. The first-order valence-corrected chi connectivity index (χ1v) is 6.16. The fraction of sp³-hybridized carbons (Fsp3) is 0.0833. The van der Waals surface area contributed by atoms with Gasteiger partial charge in [-0.2, -0.15) is 0 Å². The highest BCUT2D eigenvalue weighted by Gasteiger charge is 2.08. The standard InChI is InChI=1S/C12H10BClN4O/c14-11-10-12(16-6-15-11)18(7-17-10)5-8-1-3-9(13-19)4-2-8/h1-4,6-7,13,19H,5H2. The van der Waals surface area contributed by atoms with Crippen LogP contribution < -0.4 is 5.46 Å². The van der Waals surface area contributed by atoms with Crippen LogP contribution in [0.1, 0.15) is 5.56 Å². The third kappa shape index (κ3) is 2.32. The number of benzene rings is 1. The van der Waals surface area contributed by atoms with Crippen LogP contribution in [-0.4, -0.2) is 32.0 Å². The van der Waals surface area contributed by atoms with Crippen LogP contribution >= 0.6 is 11.6 Å². The minimum atomic E-state index is 0.0527. The molecule has 94 valence electrons. The highest BCUT2D eigenvalue weighted by molar-refractivity contribution is 6.45. The number of halogens is 1. The van der Waals surface area contributed by atoms with E-state index in [2.05, 4.69) is 15.0 Å². The van der Waals surface area contributed by atoms with Crippen molar-refractivity contribution in [1.29, 1.82) is 0 Å². The van der Waals surface area contributed by atoms with E-state index in [9.17, 15) is 0 Å². The fourth-order valence-corrected chi connectivity index (χ4v) is 2.09. The summed E-state index contributed by atoms with van der Waals surface area (Å²) in [5.41, 5.74) is 3.32. The molecule has 0 aliphatic carbocycles. The second-order valence-corrected chi connectivity index (χ2v) is 4.54. The van der Waals surface area contributed by atoms with Gasteiger partial charge in [0.15, 0.2) is 10.8 Å². The van der Waals surface area contributed by atoms with Crippen molar-refractivity contribution in [2.45, 2.75) is 6.54 Å². The van der Waals surface area contributed by atoms with Gasteiger partial charge in [-0.05, 0) is 5.56 Å². The lowest BCUT2D eigenvalue weighted by atomic mass is 9.88. The third-order valence-electron chi connectivity index (χ3n) is 2.92. The summed E-state index contributed by atoms with van der Waals surface area (Å²) in [6.07, 6.45) is 3.13. The average molecular weight is 273 g/mol. The van der Waals surface area contributed by atoms with Crippen LogP contribution in [0.2, 0.25) is 5.15 Å². The summed E-state index contributed by atoms with van der Waals surface area (Å²) in [6.45, 7) is 0.648. The molecule has 0 bridgehead atoms. The van der Waals surface area contributed by atoms with E-state index in [-0.39, 0.29) is 7.48 Å². The van der Waals surface area contributed by atoms with Gasteiger partial charge in [0.05, 0.1) is 12.9 Å². The van der Waals surface area contributed by atoms with Gasteiger partial charge in [0.1, 0.15) is 11.8 Å². The molecule has 0 aliphatic rings. The lowest BCUT2D eigenvalue weighted by Gasteiger charge is -2.04. The van der Waals surface area contributed by atoms with Crippen LogP contribution in [0.5, 0.6) is 0 Å². The van der Waals surface area contributed by atoms with Gasteiger partial charge >= 0.3 is 7.48 Å². The molecule has 0 saturated carbocycles. The Bertz CT molecular complexity index is 713. The molecule has 3 aromatic rings. The molecule has 0 radical (unpaired) electrons. The van der Waals surface area contributed by atoms with Crippen molar-refractivity contribution in [3.63, 3.8) is 0 Å². The Hall–Kier alpha value is -1.92. The SMILES string of the molecule is OBc1ccc(Cn2cnc3c(Cl)ncnc32)cc1. The van der Waals surface area contributed by atoms with E-state index in [1.54, 1.807) is 6.33 Å². The first kappa shape index (κ1) is 12.1. The minimum absolute atomic E-state index is 0.0527. The molecule has 0 fully saturated rings. The zero-order chi connectivity index (χ0) is 13.2. The van der Waals surface area contributed by atoms with Gasteiger partial charge in [0.25, 0.3) is 0 Å². The number of hydrogen-bond donors (Lipinski definition) is 1. The number of fused-ring (bicyclic) bond motifs is 1. The molecule has 0 atom stereocenters. The van der Waals surface area contributed by atoms with Crippen LogP contribution in [0, 0.1) is 0 Å². The topological polar surface area (TPSA) is 63.8 Å². The second-order valence-electron chi connectivity index (χ2n) is 4.18. The highest BCUT2D eigenvalue weighted by Crippen LogP contribution is 2.17. The van der Waals surface area contributed by atoms with Gasteiger partial charge in [-0.1, -0.05) is 41.3 Å². The summed E-state index contributed by atoms with van der Waals surface area (Å²) in [5.74, 6) is 0. The Morgan fingerprint density at radius 3 is 2.68 bits per heavy atom. The van der Waals surface area contributed by atoms with Crippen molar-refractivity contribution >= 4 is 35.7 Å². The van der Waals surface area contributed by atoms with E-state index in [4.69, 9.17) is 16.6 Å². The molecule has 1 N–H and O–H groups in total. The Kier molecular flexibility index (Phi) is 3.19. The maximum Gasteiger partial charge on any atom is 0.304 e. The second kappa shape index (κ2) is 4.99. The van der Waals surface area contributed by atoms with Gasteiger partial charge in [-0.15, -0.1) is 0 Å². The van der Waals surface area contributed by atoms with Crippen LogP contribution in [0.3, 0.4) is 0 Å². The first-order valence-electron chi connectivity index (χ1n) is 5.78. The molecule has 7 heteroatoms. The van der Waals surface area contributed by atoms with Gasteiger partial charge in [-0.25, -0.2) is 15.0 Å². The lowest BCUT2D eigenvalue weighted by Crippen LogP contribution is -2.12. The molecule has 0 aliphatic heterocycles. The quantitative estimate of drug-likeness (QED) is 0.557. The lowest BCUT2D eigenvalue weighted by molar-refractivity contribution is 0.615. The zero-order valence-corrected chi connectivity index (χ0v) is 10.7. The van der Waals surface area contributed by atoms with Crippen molar-refractivity contribution in [3.8, 4) is 0 Å². The van der Waals surface area contributed by atoms with E-state index < -0.39 is 0 Å². The van der Waals surface area contributed by atoms with Crippen molar-refractivity contribution in [1.82, 2.24) is 19.5 Å². The van der Waals surface area contributed by atoms with E-state index in [0.717, 1.165) is 11.0 Å². The van der Waals surface area contributed by atoms with E-state index in [1.807, 2.05) is 28.8 Å². The molecule has 5 nitrogen and oxygen atoms in total. The summed E-state index contributed by atoms with van der Waals surface area (Å²) >= 11 is 5.96. The van der Waals surface area contributed by atoms with Gasteiger partial charge in [-0.3, -0.25) is 0 Å². The van der Waals surface area contributed by atoms with Crippen LogP contribution in [0.15, 0.2) is 36.9 Å². The molecular formula is C12H10BClN4O. The molecule has 1 aromatic carbocycles. The Balaban J connectivity index is 1.94. The molecule has 19 heavy (non-hydrogen) atoms. The summed E-state index contributed by atoms with van der Waals surface area (Å²) in [7, 11) is 0.0527. The molecule has 2 aromatic heterocycles. The summed E-state index contributed by atoms with van der Waals surface area (Å²) in [5, 5.41) is 9.37. The van der Waals surface area contributed by atoms with E-state index >= 15 is 0 Å². The first-order chi connectivity index (χ1) is 9.28. The molecule has 0 saturated heterocycles. The van der Waals surface area contributed by atoms with Crippen molar-refractivity contribution < 1.29 is 5.02 Å². The van der Waals surface area contributed by atoms with Gasteiger partial charge < -0.3 is 9.59 Å². The Morgan fingerprint density at radius 1 is 1.16 bits per heavy atom. The number of aromatic nitrogens is 4. The van der Waals surface area contributed by atoms with Crippen molar-refractivity contribution in [3.05, 3.63) is 47.6 Å². The summed E-state index contributed by atoms with van der Waals surface area (Å²) < 4.78 is 1.91. The normalized spacial score (nSPS) is 10.8. The Morgan fingerprint density at radius 2 is 1.95 bits per heavy atom. The predicted molar refractivity (Wildman–Crippen MR) is 74.9 cm³/mol. The van der Waals surface area contributed by atoms with Crippen molar-refractivity contribution in [2.75, 3.05) is 0 Å². The molecule has 0 unspecified atom stereocenters. The summed E-state index contributed by atoms with van der Waals surface area (Å²) in [6, 6.07) is 7.74. The van der Waals surface area contributed by atoms with Crippen molar-refractivity contribution in [2.24, 2.45) is 0 Å². The Labute approximate surface area is 115 Å². The van der Waals surface area contributed by atoms with Crippen LogP contribution in [0.4, 0.5) is 0 Å². The van der Waals surface area contributed by atoms with Crippen LogP contribution in [0.25, 0.3) is 11.2 Å². The zero-order valence-electron chi connectivity index (χ0n) is 9.99. The maximum absolute atomic E-state index is 9.01. The number of nitrogens with zero attached hydrogens (tertiary/aromatic N) is 4. The van der Waals surface area contributed by atoms with Gasteiger partial charge in [0, 0.05) is 0 Å². The minimum Gasteiger partial charge on any atom is -0.449 e. The van der Waals surface area contributed by atoms with Gasteiger partial charge in [0.2, 0.25) is 0 Å². The maximum atomic E-state index is 9.01. The van der Waals surface area contributed by atoms with E-state index in [1.165, 1.54) is 6.33 Å². The predicted octanol–water partition coefficient (Wildman–Crippen LogP) is 0.497. The average Bonchev–Trinajstić information content (AvgIpc) is 2.84. The monoisotopic (exact) mass is 272 g/mol. The van der Waals surface area contributed by atoms with E-state index in [0.29, 0.717) is 22.9 Å². The third-order valence-corrected chi connectivity index (χ3v) is 3.19. The number of rotatable bonds is 3. The highest BCUT2D eigenvalue weighted by atomic mass is 35.5. The molecule has 2 heterocycles. The molecule has 0 spiro atoms. The summed E-state index contributed by atoms with van der Waals surface area (Å²) in [4.78, 5) is 12.3. The fourth-order valence-electron chi connectivity index (χ4n) is 1.91. The van der Waals surface area contributed by atoms with Crippen LogP contribution in [-0.2, 0) is 6.54 Å². The largest absolute Gasteiger partial charge is 0.449 e. The number of imidazole rings is 1.